The number of ether oxygens (including phenoxy) is 2. The van der Waals surface area contributed by atoms with Crippen molar-refractivity contribution in [2.24, 2.45) is 0 Å². The van der Waals surface area contributed by atoms with Gasteiger partial charge in [-0.2, -0.15) is 0 Å². The smallest absolute Gasteiger partial charge is 0.478 e. The van der Waals surface area contributed by atoms with Crippen molar-refractivity contribution < 1.29 is 32.4 Å². The molecular formula is C23H37N2O7P. The number of carbonyl (C=O) groups is 1. The topological polar surface area (TPSA) is 88.5 Å². The van der Waals surface area contributed by atoms with Crippen molar-refractivity contribution in [2.45, 2.75) is 59.2 Å². The van der Waals surface area contributed by atoms with Gasteiger partial charge in [-0.15, -0.1) is 0 Å². The van der Waals surface area contributed by atoms with Crippen LogP contribution in [0.3, 0.4) is 0 Å². The first-order valence-corrected chi connectivity index (χ1v) is 12.2. The zero-order chi connectivity index (χ0) is 25.0. The highest BCUT2D eigenvalue weighted by Gasteiger charge is 2.37. The predicted molar refractivity (Wildman–Crippen MR) is 128 cm³/mol. The molecule has 1 aromatic carbocycles. The summed E-state index contributed by atoms with van der Waals surface area (Å²) in [6.07, 6.45) is 1.82. The lowest BCUT2D eigenvalue weighted by Gasteiger charge is -2.30. The Morgan fingerprint density at radius 2 is 1.67 bits per heavy atom. The Kier molecular flexibility index (Phi) is 8.76. The third-order valence-electron chi connectivity index (χ3n) is 4.28. The van der Waals surface area contributed by atoms with Crippen LogP contribution < -0.4 is 4.74 Å². The van der Waals surface area contributed by atoms with Crippen LogP contribution in [-0.4, -0.2) is 61.3 Å². The molecule has 9 nitrogen and oxygen atoms in total. The molecule has 1 aromatic heterocycles. The summed E-state index contributed by atoms with van der Waals surface area (Å²) in [6.45, 7) is 10.6. The molecule has 10 heteroatoms. The van der Waals surface area contributed by atoms with Gasteiger partial charge < -0.3 is 14.4 Å². The van der Waals surface area contributed by atoms with Crippen molar-refractivity contribution in [1.82, 2.24) is 9.47 Å². The van der Waals surface area contributed by atoms with Gasteiger partial charge in [0.05, 0.1) is 23.8 Å². The molecule has 0 atom stereocenters. The second kappa shape index (κ2) is 10.6. The Morgan fingerprint density at radius 1 is 1.06 bits per heavy atom. The normalized spacial score (nSPS) is 13.0. The number of methoxy groups -OCH3 is 1. The predicted octanol–water partition coefficient (Wildman–Crippen LogP) is 5.45. The molecule has 33 heavy (non-hydrogen) atoms. The lowest BCUT2D eigenvalue weighted by atomic mass is 10.1. The fourth-order valence-corrected chi connectivity index (χ4v) is 4.72. The molecule has 0 fully saturated rings. The molecule has 0 saturated carbocycles. The van der Waals surface area contributed by atoms with E-state index in [0.717, 1.165) is 23.9 Å². The van der Waals surface area contributed by atoms with Gasteiger partial charge in [0.2, 0.25) is 6.79 Å². The minimum absolute atomic E-state index is 0.598. The van der Waals surface area contributed by atoms with E-state index < -0.39 is 31.9 Å². The van der Waals surface area contributed by atoms with Crippen molar-refractivity contribution in [1.29, 1.82) is 0 Å². The van der Waals surface area contributed by atoms with Crippen LogP contribution in [0.4, 0.5) is 4.79 Å². The van der Waals surface area contributed by atoms with Gasteiger partial charge in [0, 0.05) is 24.2 Å². The van der Waals surface area contributed by atoms with Crippen LogP contribution in [0, 0.1) is 0 Å². The maximum Gasteiger partial charge on any atom is 0.478 e. The van der Waals surface area contributed by atoms with Gasteiger partial charge in [0.25, 0.3) is 0 Å². The molecule has 0 amide bonds. The van der Waals surface area contributed by atoms with Crippen LogP contribution >= 0.6 is 7.82 Å². The number of nitrogens with zero attached hydrogens (tertiary/aromatic N) is 2. The molecule has 0 N–H and O–H groups in total. The lowest BCUT2D eigenvalue weighted by molar-refractivity contribution is -0.0282. The van der Waals surface area contributed by atoms with Crippen molar-refractivity contribution in [3.63, 3.8) is 0 Å². The fourth-order valence-electron chi connectivity index (χ4n) is 3.05. The van der Waals surface area contributed by atoms with E-state index in [9.17, 15) is 9.36 Å². The molecule has 0 spiro atoms. The number of carbonyl (C=O) groups excluding carboxylic acids is 1. The van der Waals surface area contributed by atoms with Gasteiger partial charge in [-0.3, -0.25) is 13.6 Å². The van der Waals surface area contributed by atoms with Crippen LogP contribution in [0.25, 0.3) is 10.9 Å². The largest absolute Gasteiger partial charge is 0.497 e. The number of aromatic nitrogens is 1. The number of hydrogen-bond donors (Lipinski definition) is 0. The van der Waals surface area contributed by atoms with Crippen LogP contribution in [0.15, 0.2) is 24.4 Å². The molecule has 0 aliphatic carbocycles. The first kappa shape index (κ1) is 27.3. The minimum Gasteiger partial charge on any atom is -0.497 e. The summed E-state index contributed by atoms with van der Waals surface area (Å²) >= 11 is 0. The van der Waals surface area contributed by atoms with Crippen LogP contribution in [0.5, 0.6) is 5.75 Å². The Balaban J connectivity index is 2.22. The van der Waals surface area contributed by atoms with Gasteiger partial charge >= 0.3 is 13.9 Å². The van der Waals surface area contributed by atoms with E-state index in [2.05, 4.69) is 4.90 Å². The summed E-state index contributed by atoms with van der Waals surface area (Å²) in [4.78, 5) is 15.0. The summed E-state index contributed by atoms with van der Waals surface area (Å²) in [5.74, 6) is 0.617. The standard InChI is InChI=1S/C23H37N2O7P/c1-22(2,3)31-33(27,32-23(4,5)6)30-16-29-21(26)25-15-17(12-13-24(7)8)19-11-10-18(28-9)14-20(19)25/h10-11,14-15H,12-13,16H2,1-9H3. The number of likely N-dealkylation sites (N-methyl/N-ethyl adjacent to an activating group) is 1. The molecule has 2 aromatic rings. The van der Waals surface area contributed by atoms with E-state index >= 15 is 0 Å². The SMILES string of the molecule is COc1ccc2c(CCN(C)C)cn(C(=O)OCOP(=O)(OC(C)(C)C)OC(C)(C)C)c2c1. The summed E-state index contributed by atoms with van der Waals surface area (Å²) < 4.78 is 41.5. The third-order valence-corrected chi connectivity index (χ3v) is 6.25. The van der Waals surface area contributed by atoms with E-state index in [-0.39, 0.29) is 0 Å². The number of benzene rings is 1. The molecule has 0 saturated heterocycles. The maximum absolute atomic E-state index is 13.1. The van der Waals surface area contributed by atoms with Crippen molar-refractivity contribution in [3.05, 3.63) is 30.0 Å². The Labute approximate surface area is 196 Å². The van der Waals surface area contributed by atoms with Gasteiger partial charge in [0.15, 0.2) is 0 Å². The summed E-state index contributed by atoms with van der Waals surface area (Å²) in [5, 5.41) is 0.924. The summed E-state index contributed by atoms with van der Waals surface area (Å²) in [7, 11) is 1.55. The van der Waals surface area contributed by atoms with Crippen molar-refractivity contribution in [2.75, 3.05) is 34.5 Å². The van der Waals surface area contributed by atoms with Crippen LogP contribution in [-0.2, 0) is 29.3 Å². The number of phosphoric ester groups is 1. The summed E-state index contributed by atoms with van der Waals surface area (Å²) in [6, 6.07) is 5.54. The molecule has 186 valence electrons. The Bertz CT molecular complexity index is 983. The lowest BCUT2D eigenvalue weighted by Crippen LogP contribution is -2.25. The monoisotopic (exact) mass is 484 g/mol. The van der Waals surface area contributed by atoms with Gasteiger partial charge in [-0.1, -0.05) is 0 Å². The first-order chi connectivity index (χ1) is 15.1. The number of hydrogen-bond acceptors (Lipinski definition) is 8. The Hall–Kier alpha value is -1.90. The third kappa shape index (κ3) is 8.43. The molecule has 0 unspecified atom stereocenters. The summed E-state index contributed by atoms with van der Waals surface area (Å²) in [5.41, 5.74) is 0.0590. The zero-order valence-corrected chi connectivity index (χ0v) is 22.0. The zero-order valence-electron chi connectivity index (χ0n) is 21.1. The quantitative estimate of drug-likeness (QED) is 0.343. The average molecular weight is 485 g/mol. The fraction of sp³-hybridized carbons (Fsp3) is 0.609. The van der Waals surface area contributed by atoms with Crippen molar-refractivity contribution >= 4 is 24.8 Å². The minimum atomic E-state index is -4.00. The second-order valence-corrected chi connectivity index (χ2v) is 11.5. The van der Waals surface area contributed by atoms with Gasteiger partial charge in [-0.25, -0.2) is 13.9 Å². The van der Waals surface area contributed by atoms with Gasteiger partial charge in [0.1, 0.15) is 5.75 Å². The van der Waals surface area contributed by atoms with Gasteiger partial charge in [-0.05, 0) is 79.8 Å². The average Bonchev–Trinajstić information content (AvgIpc) is 3.00. The molecule has 0 radical (unpaired) electrons. The van der Waals surface area contributed by atoms with E-state index in [1.807, 2.05) is 26.2 Å². The number of phosphoric acid groups is 1. The maximum atomic E-state index is 13.1. The number of rotatable bonds is 9. The first-order valence-electron chi connectivity index (χ1n) is 10.8. The number of fused-ring (bicyclic) bond motifs is 1. The Morgan fingerprint density at radius 3 is 2.18 bits per heavy atom. The highest BCUT2D eigenvalue weighted by atomic mass is 31.2. The van der Waals surface area contributed by atoms with E-state index in [0.29, 0.717) is 11.3 Å². The highest BCUT2D eigenvalue weighted by molar-refractivity contribution is 7.48. The molecule has 0 aliphatic heterocycles. The molecule has 1 heterocycles. The van der Waals surface area contributed by atoms with E-state index in [4.69, 9.17) is 23.0 Å². The molecule has 0 aliphatic rings. The highest BCUT2D eigenvalue weighted by Crippen LogP contribution is 2.55. The van der Waals surface area contributed by atoms with E-state index in [1.54, 1.807) is 60.9 Å². The second-order valence-electron chi connectivity index (χ2n) is 9.97. The van der Waals surface area contributed by atoms with Crippen LogP contribution in [0.1, 0.15) is 47.1 Å². The van der Waals surface area contributed by atoms with E-state index in [1.165, 1.54) is 4.57 Å². The molecule has 0 bridgehead atoms. The van der Waals surface area contributed by atoms with Crippen LogP contribution in [0.2, 0.25) is 0 Å². The molecule has 2 rings (SSSR count). The molecular weight excluding hydrogens is 447 g/mol. The van der Waals surface area contributed by atoms with Crippen molar-refractivity contribution in [3.8, 4) is 5.75 Å².